The molecule has 0 fully saturated rings. The maximum absolute atomic E-state index is 10.8. The molecule has 6 nitrogen and oxygen atoms in total. The monoisotopic (exact) mass is 423 g/mol. The number of carbonyl (C=O) groups is 1. The van der Waals surface area contributed by atoms with Gasteiger partial charge in [-0.05, 0) is 42.7 Å². The fourth-order valence-corrected chi connectivity index (χ4v) is 4.84. The summed E-state index contributed by atoms with van der Waals surface area (Å²) in [6.45, 7) is 2.84. The number of aliphatic carboxylic acids is 1. The van der Waals surface area contributed by atoms with Gasteiger partial charge in [0.1, 0.15) is 5.75 Å². The van der Waals surface area contributed by atoms with E-state index in [0.717, 1.165) is 21.9 Å². The lowest BCUT2D eigenvalue weighted by molar-refractivity contribution is -0.137. The molecule has 0 spiro atoms. The molecule has 2 aromatic heterocycles. The highest BCUT2D eigenvalue weighted by Gasteiger charge is 2.16. The Hall–Kier alpha value is -2.93. The number of methoxy groups -OCH3 is 1. The first-order chi connectivity index (χ1) is 14.5. The lowest BCUT2D eigenvalue weighted by Crippen LogP contribution is -2.02. The highest BCUT2D eigenvalue weighted by atomic mass is 32.2. The molecule has 0 saturated carbocycles. The van der Waals surface area contributed by atoms with E-state index >= 15 is 0 Å². The van der Waals surface area contributed by atoms with Gasteiger partial charge in [0.05, 0.1) is 24.7 Å². The van der Waals surface area contributed by atoms with E-state index in [4.69, 9.17) is 14.8 Å². The number of carboxylic acid groups (broad SMARTS) is 1. The van der Waals surface area contributed by atoms with Crippen molar-refractivity contribution in [3.05, 3.63) is 53.7 Å². The van der Waals surface area contributed by atoms with Gasteiger partial charge in [-0.3, -0.25) is 4.79 Å². The minimum Gasteiger partial charge on any atom is -0.497 e. The Morgan fingerprint density at radius 3 is 2.83 bits per heavy atom. The molecule has 0 amide bonds. The molecule has 0 bridgehead atoms. The fourth-order valence-electron chi connectivity index (χ4n) is 3.89. The van der Waals surface area contributed by atoms with Gasteiger partial charge < -0.3 is 19.0 Å². The Morgan fingerprint density at radius 2 is 2.07 bits per heavy atom. The maximum Gasteiger partial charge on any atom is 0.303 e. The summed E-state index contributed by atoms with van der Waals surface area (Å²) in [5.41, 5.74) is 5.64. The number of benzene rings is 2. The van der Waals surface area contributed by atoms with Crippen LogP contribution >= 0.6 is 11.8 Å². The first-order valence-corrected chi connectivity index (χ1v) is 10.9. The van der Waals surface area contributed by atoms with Crippen LogP contribution in [-0.2, 0) is 18.4 Å². The summed E-state index contributed by atoms with van der Waals surface area (Å²) < 4.78 is 9.76. The van der Waals surface area contributed by atoms with Crippen molar-refractivity contribution in [1.29, 1.82) is 0 Å². The number of nitrogens with zero attached hydrogens (tertiary/aromatic N) is 3. The van der Waals surface area contributed by atoms with Gasteiger partial charge in [0.2, 0.25) is 0 Å². The van der Waals surface area contributed by atoms with Crippen LogP contribution in [0.1, 0.15) is 24.0 Å². The second-order valence-electron chi connectivity index (χ2n) is 7.42. The van der Waals surface area contributed by atoms with Gasteiger partial charge in [0, 0.05) is 42.4 Å². The van der Waals surface area contributed by atoms with E-state index in [0.29, 0.717) is 18.7 Å². The van der Waals surface area contributed by atoms with E-state index in [1.54, 1.807) is 18.9 Å². The maximum atomic E-state index is 10.8. The molecule has 0 radical (unpaired) electrons. The van der Waals surface area contributed by atoms with Crippen molar-refractivity contribution in [2.24, 2.45) is 7.05 Å². The van der Waals surface area contributed by atoms with Crippen molar-refractivity contribution in [2.45, 2.75) is 31.5 Å². The molecular weight excluding hydrogens is 398 g/mol. The Bertz CT molecular complexity index is 1230. The highest BCUT2D eigenvalue weighted by Crippen LogP contribution is 2.31. The lowest BCUT2D eigenvalue weighted by Gasteiger charge is -2.09. The van der Waals surface area contributed by atoms with Gasteiger partial charge >= 0.3 is 5.97 Å². The molecule has 7 heteroatoms. The minimum absolute atomic E-state index is 0.170. The molecule has 2 aromatic carbocycles. The molecule has 2 heterocycles. The third kappa shape index (κ3) is 3.89. The van der Waals surface area contributed by atoms with E-state index in [2.05, 4.69) is 47.5 Å². The van der Waals surface area contributed by atoms with Crippen molar-refractivity contribution < 1.29 is 14.6 Å². The largest absolute Gasteiger partial charge is 0.497 e. The highest BCUT2D eigenvalue weighted by molar-refractivity contribution is 7.99. The van der Waals surface area contributed by atoms with Gasteiger partial charge in [-0.25, -0.2) is 4.98 Å². The van der Waals surface area contributed by atoms with Gasteiger partial charge in [0.15, 0.2) is 5.16 Å². The third-order valence-electron chi connectivity index (χ3n) is 5.32. The molecular formula is C23H25N3O3S. The van der Waals surface area contributed by atoms with Crippen molar-refractivity contribution in [1.82, 2.24) is 14.1 Å². The zero-order valence-electron chi connectivity index (χ0n) is 17.4. The van der Waals surface area contributed by atoms with E-state index in [1.165, 1.54) is 22.0 Å². The van der Waals surface area contributed by atoms with Crippen LogP contribution in [0.4, 0.5) is 0 Å². The zero-order valence-corrected chi connectivity index (χ0v) is 18.2. The van der Waals surface area contributed by atoms with Gasteiger partial charge in [0.25, 0.3) is 0 Å². The van der Waals surface area contributed by atoms with Crippen LogP contribution < -0.4 is 4.74 Å². The third-order valence-corrected chi connectivity index (χ3v) is 6.38. The molecule has 0 unspecified atom stereocenters. The van der Waals surface area contributed by atoms with Crippen LogP contribution in [0.5, 0.6) is 5.75 Å². The van der Waals surface area contributed by atoms with Crippen LogP contribution in [0.3, 0.4) is 0 Å². The molecule has 156 valence electrons. The number of aromatic nitrogens is 3. The standard InChI is InChI=1S/C23H25N3O3S/c1-15-6-4-7-20-22(15)16(13-25(20)2)14-26-19-10-9-17(29-3)12-18(19)24-23(26)30-11-5-8-21(27)28/h4,6-7,9-10,12-13H,5,8,11,14H2,1-3H3,(H,27,28). The number of fused-ring (bicyclic) bond motifs is 2. The number of thioether (sulfide) groups is 1. The van der Waals surface area contributed by atoms with Crippen LogP contribution in [0.2, 0.25) is 0 Å². The summed E-state index contributed by atoms with van der Waals surface area (Å²) in [4.78, 5) is 15.7. The number of hydrogen-bond acceptors (Lipinski definition) is 4. The van der Waals surface area contributed by atoms with Gasteiger partial charge in [-0.2, -0.15) is 0 Å². The minimum atomic E-state index is -0.764. The van der Waals surface area contributed by atoms with E-state index in [-0.39, 0.29) is 6.42 Å². The molecule has 4 rings (SSSR count). The Morgan fingerprint density at radius 1 is 1.23 bits per heavy atom. The van der Waals surface area contributed by atoms with Crippen LogP contribution in [0.25, 0.3) is 21.9 Å². The molecule has 0 aliphatic carbocycles. The van der Waals surface area contributed by atoms with Crippen LogP contribution in [-0.4, -0.2) is 38.1 Å². The number of rotatable bonds is 8. The summed E-state index contributed by atoms with van der Waals surface area (Å²) in [5.74, 6) is 0.720. The van der Waals surface area contributed by atoms with Crippen molar-refractivity contribution in [2.75, 3.05) is 12.9 Å². The second kappa shape index (κ2) is 8.44. The number of aryl methyl sites for hydroxylation is 2. The Balaban J connectivity index is 1.75. The number of imidazole rings is 1. The number of hydrogen-bond donors (Lipinski definition) is 1. The average molecular weight is 424 g/mol. The summed E-state index contributed by atoms with van der Waals surface area (Å²) in [7, 11) is 3.72. The Kier molecular flexibility index (Phi) is 5.72. The predicted molar refractivity (Wildman–Crippen MR) is 121 cm³/mol. The number of carboxylic acids is 1. The summed E-state index contributed by atoms with van der Waals surface area (Å²) in [6.07, 6.45) is 2.97. The molecule has 4 aromatic rings. The molecule has 0 saturated heterocycles. The van der Waals surface area contributed by atoms with Crippen molar-refractivity contribution in [3.63, 3.8) is 0 Å². The summed E-state index contributed by atoms with van der Waals surface area (Å²) >= 11 is 1.60. The molecule has 0 aliphatic rings. The predicted octanol–water partition coefficient (Wildman–Crippen LogP) is 4.85. The van der Waals surface area contributed by atoms with E-state index in [1.807, 2.05) is 18.2 Å². The van der Waals surface area contributed by atoms with E-state index in [9.17, 15) is 4.79 Å². The van der Waals surface area contributed by atoms with Crippen LogP contribution in [0.15, 0.2) is 47.8 Å². The lowest BCUT2D eigenvalue weighted by atomic mass is 10.1. The molecule has 0 atom stereocenters. The SMILES string of the molecule is COc1ccc2c(c1)nc(SCCCC(=O)O)n2Cc1cn(C)c2cccc(C)c12. The summed E-state index contributed by atoms with van der Waals surface area (Å²) in [5, 5.41) is 11.1. The topological polar surface area (TPSA) is 69.3 Å². The van der Waals surface area contributed by atoms with Crippen molar-refractivity contribution >= 4 is 39.7 Å². The van der Waals surface area contributed by atoms with Crippen LogP contribution in [0, 0.1) is 6.92 Å². The second-order valence-corrected chi connectivity index (χ2v) is 8.48. The van der Waals surface area contributed by atoms with E-state index < -0.39 is 5.97 Å². The quantitative estimate of drug-likeness (QED) is 0.324. The Labute approximate surface area is 179 Å². The summed E-state index contributed by atoms with van der Waals surface area (Å²) in [6, 6.07) is 12.3. The molecule has 30 heavy (non-hydrogen) atoms. The molecule has 0 aliphatic heterocycles. The first kappa shape index (κ1) is 20.3. The normalized spacial score (nSPS) is 11.4. The first-order valence-electron chi connectivity index (χ1n) is 9.90. The number of ether oxygens (including phenoxy) is 1. The van der Waals surface area contributed by atoms with Gasteiger partial charge in [-0.15, -0.1) is 0 Å². The molecule has 1 N–H and O–H groups in total. The fraction of sp³-hybridized carbons (Fsp3) is 0.304. The van der Waals surface area contributed by atoms with Crippen molar-refractivity contribution in [3.8, 4) is 5.75 Å². The van der Waals surface area contributed by atoms with Gasteiger partial charge in [-0.1, -0.05) is 23.9 Å². The zero-order chi connectivity index (χ0) is 21.3. The smallest absolute Gasteiger partial charge is 0.303 e. The average Bonchev–Trinajstić information content (AvgIpc) is 3.23.